The summed E-state index contributed by atoms with van der Waals surface area (Å²) in [5.41, 5.74) is 0.804. The van der Waals surface area contributed by atoms with E-state index in [-0.39, 0.29) is 0 Å². The predicted molar refractivity (Wildman–Crippen MR) is 106 cm³/mol. The zero-order valence-electron chi connectivity index (χ0n) is 17.5. The zero-order chi connectivity index (χ0) is 19.4. The Morgan fingerprint density at radius 3 is 2.56 bits per heavy atom. The number of carboxylic acids is 1. The molecule has 4 aliphatic carbocycles. The Kier molecular flexibility index (Phi) is 4.96. The lowest BCUT2D eigenvalue weighted by Gasteiger charge is -2.60. The highest BCUT2D eigenvalue weighted by molar-refractivity contribution is 5.79. The van der Waals surface area contributed by atoms with Crippen LogP contribution in [-0.2, 0) is 9.59 Å². The lowest BCUT2D eigenvalue weighted by atomic mass is 9.44. The quantitative estimate of drug-likeness (QED) is 0.685. The highest BCUT2D eigenvalue weighted by Gasteiger charge is 2.60. The highest BCUT2D eigenvalue weighted by atomic mass is 16.4. The van der Waals surface area contributed by atoms with E-state index in [9.17, 15) is 9.59 Å². The molecule has 0 amide bonds. The van der Waals surface area contributed by atoms with Crippen LogP contribution in [0.1, 0.15) is 91.4 Å². The molecule has 3 heteroatoms. The minimum atomic E-state index is -0.650. The number of rotatable bonds is 4. The molecule has 0 heterocycles. The summed E-state index contributed by atoms with van der Waals surface area (Å²) < 4.78 is 0. The van der Waals surface area contributed by atoms with E-state index in [1.54, 1.807) is 0 Å². The molecule has 0 aromatic heterocycles. The molecule has 0 radical (unpaired) electrons. The van der Waals surface area contributed by atoms with Gasteiger partial charge >= 0.3 is 5.97 Å². The number of Topliss-reactive ketones (excluding diaryl/α,β-unsaturated/α-hetero) is 1. The van der Waals surface area contributed by atoms with Crippen LogP contribution in [0.2, 0.25) is 0 Å². The van der Waals surface area contributed by atoms with Gasteiger partial charge in [0.2, 0.25) is 0 Å². The molecule has 0 saturated heterocycles. The number of hydrogen-bond donors (Lipinski definition) is 1. The molecule has 4 rings (SSSR count). The number of carbonyl (C=O) groups excluding carboxylic acids is 1. The number of aliphatic carboxylic acids is 1. The second-order valence-electron chi connectivity index (χ2n) is 11.0. The van der Waals surface area contributed by atoms with Crippen molar-refractivity contribution in [2.75, 3.05) is 0 Å². The van der Waals surface area contributed by atoms with Crippen LogP contribution in [0.15, 0.2) is 0 Å². The van der Waals surface area contributed by atoms with Gasteiger partial charge in [-0.05, 0) is 97.7 Å². The molecule has 152 valence electrons. The molecule has 0 spiro atoms. The molecular weight excluding hydrogens is 336 g/mol. The standard InChI is InChI=1S/C24H38O3/c1-15(4-9-22(26)27)19-7-8-20-18-6-5-16-14-17(25)10-12-23(16,2)21(18)11-13-24(19,20)3/h15-16,18-21H,4-14H2,1-3H3,(H,26,27)/t15?,16-,18?,19-,20?,21?,23+,24-/m1/s1. The van der Waals surface area contributed by atoms with E-state index in [0.717, 1.165) is 43.4 Å². The first kappa shape index (κ1) is 19.5. The van der Waals surface area contributed by atoms with Gasteiger partial charge in [0.1, 0.15) is 5.78 Å². The molecular formula is C24H38O3. The predicted octanol–water partition coefficient (Wildman–Crippen LogP) is 5.72. The number of hydrogen-bond acceptors (Lipinski definition) is 2. The monoisotopic (exact) mass is 374 g/mol. The van der Waals surface area contributed by atoms with Gasteiger partial charge in [-0.2, -0.15) is 0 Å². The van der Waals surface area contributed by atoms with E-state index < -0.39 is 5.97 Å². The molecule has 0 aromatic rings. The third-order valence-corrected chi connectivity index (χ3v) is 10.1. The Bertz CT molecular complexity index is 613. The topological polar surface area (TPSA) is 54.4 Å². The molecule has 8 atom stereocenters. The zero-order valence-corrected chi connectivity index (χ0v) is 17.5. The Labute approximate surface area is 164 Å². The first-order chi connectivity index (χ1) is 12.8. The molecule has 4 unspecified atom stereocenters. The third-order valence-electron chi connectivity index (χ3n) is 10.1. The second kappa shape index (κ2) is 6.88. The van der Waals surface area contributed by atoms with Gasteiger partial charge in [0, 0.05) is 19.3 Å². The molecule has 4 aliphatic rings. The highest BCUT2D eigenvalue weighted by Crippen LogP contribution is 2.68. The fourth-order valence-electron chi connectivity index (χ4n) is 8.57. The Morgan fingerprint density at radius 2 is 1.81 bits per heavy atom. The fourth-order valence-corrected chi connectivity index (χ4v) is 8.57. The van der Waals surface area contributed by atoms with Crippen molar-refractivity contribution in [2.24, 2.45) is 46.3 Å². The summed E-state index contributed by atoms with van der Waals surface area (Å²) in [5, 5.41) is 9.09. The maximum absolute atomic E-state index is 12.0. The van der Waals surface area contributed by atoms with Gasteiger partial charge < -0.3 is 5.11 Å². The SMILES string of the molecule is CC(CCC(=O)O)[C@H]1CCC2C3CC[C@@H]4CC(=O)CC[C@]4(C)C3CC[C@@]21C. The second-order valence-corrected chi connectivity index (χ2v) is 11.0. The number of carboxylic acid groups (broad SMARTS) is 1. The van der Waals surface area contributed by atoms with Crippen LogP contribution in [-0.4, -0.2) is 16.9 Å². The molecule has 4 saturated carbocycles. The van der Waals surface area contributed by atoms with Crippen LogP contribution >= 0.6 is 0 Å². The minimum absolute atomic E-state index is 0.318. The van der Waals surface area contributed by atoms with Crippen LogP contribution in [0.25, 0.3) is 0 Å². The lowest BCUT2D eigenvalue weighted by Crippen LogP contribution is -2.53. The lowest BCUT2D eigenvalue weighted by molar-refractivity contribution is -0.140. The molecule has 0 aliphatic heterocycles. The number of carbonyl (C=O) groups is 2. The number of fused-ring (bicyclic) bond motifs is 5. The van der Waals surface area contributed by atoms with Gasteiger partial charge in [-0.25, -0.2) is 0 Å². The van der Waals surface area contributed by atoms with Gasteiger partial charge in [-0.1, -0.05) is 20.8 Å². The van der Waals surface area contributed by atoms with E-state index in [4.69, 9.17) is 5.11 Å². The van der Waals surface area contributed by atoms with Crippen molar-refractivity contribution in [1.82, 2.24) is 0 Å². The molecule has 27 heavy (non-hydrogen) atoms. The summed E-state index contributed by atoms with van der Waals surface area (Å²) in [4.78, 5) is 23.1. The van der Waals surface area contributed by atoms with Crippen molar-refractivity contribution in [3.8, 4) is 0 Å². The van der Waals surface area contributed by atoms with Crippen molar-refractivity contribution in [3.05, 3.63) is 0 Å². The van der Waals surface area contributed by atoms with Crippen LogP contribution in [0.5, 0.6) is 0 Å². The summed E-state index contributed by atoms with van der Waals surface area (Å²) in [6, 6.07) is 0. The van der Waals surface area contributed by atoms with E-state index in [1.807, 2.05) is 0 Å². The Balaban J connectivity index is 1.52. The average molecular weight is 375 g/mol. The third kappa shape index (κ3) is 3.08. The van der Waals surface area contributed by atoms with Gasteiger partial charge in [-0.3, -0.25) is 9.59 Å². The van der Waals surface area contributed by atoms with Crippen molar-refractivity contribution in [3.63, 3.8) is 0 Å². The molecule has 3 nitrogen and oxygen atoms in total. The normalized spacial score (nSPS) is 47.7. The summed E-state index contributed by atoms with van der Waals surface area (Å²) in [7, 11) is 0. The van der Waals surface area contributed by atoms with Crippen molar-refractivity contribution in [1.29, 1.82) is 0 Å². The average Bonchev–Trinajstić information content (AvgIpc) is 2.97. The van der Waals surface area contributed by atoms with Crippen molar-refractivity contribution in [2.45, 2.75) is 91.4 Å². The first-order valence-corrected chi connectivity index (χ1v) is 11.5. The molecule has 4 fully saturated rings. The van der Waals surface area contributed by atoms with Crippen LogP contribution in [0.3, 0.4) is 0 Å². The summed E-state index contributed by atoms with van der Waals surface area (Å²) in [6.07, 6.45) is 11.8. The van der Waals surface area contributed by atoms with Crippen LogP contribution < -0.4 is 0 Å². The Morgan fingerprint density at radius 1 is 1.07 bits per heavy atom. The molecule has 0 aromatic carbocycles. The van der Waals surface area contributed by atoms with Crippen molar-refractivity contribution >= 4 is 11.8 Å². The maximum Gasteiger partial charge on any atom is 0.303 e. The molecule has 1 N–H and O–H groups in total. The van der Waals surface area contributed by atoms with E-state index in [0.29, 0.717) is 40.8 Å². The van der Waals surface area contributed by atoms with E-state index in [1.165, 1.54) is 38.5 Å². The maximum atomic E-state index is 12.0. The first-order valence-electron chi connectivity index (χ1n) is 11.5. The number of ketones is 1. The summed E-state index contributed by atoms with van der Waals surface area (Å²) in [6.45, 7) is 7.37. The van der Waals surface area contributed by atoms with Crippen LogP contribution in [0.4, 0.5) is 0 Å². The van der Waals surface area contributed by atoms with Gasteiger partial charge in [0.15, 0.2) is 0 Å². The smallest absolute Gasteiger partial charge is 0.303 e. The Hall–Kier alpha value is -0.860. The minimum Gasteiger partial charge on any atom is -0.481 e. The fraction of sp³-hybridized carbons (Fsp3) is 0.917. The van der Waals surface area contributed by atoms with Crippen molar-refractivity contribution < 1.29 is 14.7 Å². The molecule has 0 bridgehead atoms. The summed E-state index contributed by atoms with van der Waals surface area (Å²) in [5.74, 6) is 4.19. The largest absolute Gasteiger partial charge is 0.481 e. The van der Waals surface area contributed by atoms with Gasteiger partial charge in [-0.15, -0.1) is 0 Å². The van der Waals surface area contributed by atoms with Crippen LogP contribution in [0, 0.1) is 46.3 Å². The van der Waals surface area contributed by atoms with Gasteiger partial charge in [0.05, 0.1) is 0 Å². The van der Waals surface area contributed by atoms with Gasteiger partial charge in [0.25, 0.3) is 0 Å². The van der Waals surface area contributed by atoms with E-state index in [2.05, 4.69) is 20.8 Å². The van der Waals surface area contributed by atoms with E-state index >= 15 is 0 Å². The summed E-state index contributed by atoms with van der Waals surface area (Å²) >= 11 is 0.